The maximum atomic E-state index is 6.28. The number of allylic oxidation sites excluding steroid dienone is 1. The SMILES string of the molecule is CCCC[SiH](Cl)C=CCc1ccccc1. The Hall–Kier alpha value is -0.533. The molecule has 0 amide bonds. The molecule has 1 atom stereocenters. The van der Waals surface area contributed by atoms with E-state index in [1.165, 1.54) is 24.4 Å². The van der Waals surface area contributed by atoms with E-state index in [2.05, 4.69) is 43.0 Å². The summed E-state index contributed by atoms with van der Waals surface area (Å²) in [5.41, 5.74) is 3.62. The highest BCUT2D eigenvalue weighted by Gasteiger charge is 2.00. The summed E-state index contributed by atoms with van der Waals surface area (Å²) < 4.78 is 0. The van der Waals surface area contributed by atoms with Crippen molar-refractivity contribution in [3.8, 4) is 0 Å². The van der Waals surface area contributed by atoms with Gasteiger partial charge in [-0.2, -0.15) is 11.1 Å². The molecule has 15 heavy (non-hydrogen) atoms. The summed E-state index contributed by atoms with van der Waals surface area (Å²) in [6, 6.07) is 11.7. The first-order valence-electron chi connectivity index (χ1n) is 5.67. The van der Waals surface area contributed by atoms with Gasteiger partial charge in [0.2, 0.25) is 0 Å². The van der Waals surface area contributed by atoms with Crippen LogP contribution < -0.4 is 0 Å². The molecule has 0 N–H and O–H groups in total. The monoisotopic (exact) mass is 238 g/mol. The molecule has 1 aromatic rings. The molecule has 0 nitrogen and oxygen atoms in total. The highest BCUT2D eigenvalue weighted by atomic mass is 35.6. The summed E-state index contributed by atoms with van der Waals surface area (Å²) in [6.45, 7) is 2.21. The average Bonchev–Trinajstić information content (AvgIpc) is 2.28. The van der Waals surface area contributed by atoms with E-state index in [4.69, 9.17) is 11.1 Å². The molecule has 1 rings (SSSR count). The fraction of sp³-hybridized carbons (Fsp3) is 0.385. The van der Waals surface area contributed by atoms with Crippen LogP contribution in [0.25, 0.3) is 0 Å². The van der Waals surface area contributed by atoms with E-state index >= 15 is 0 Å². The Morgan fingerprint density at radius 3 is 2.67 bits per heavy atom. The molecular formula is C13H19ClSi. The zero-order valence-corrected chi connectivity index (χ0v) is 11.2. The van der Waals surface area contributed by atoms with Crippen LogP contribution in [0.15, 0.2) is 42.1 Å². The second kappa shape index (κ2) is 7.72. The smallest absolute Gasteiger partial charge is 0.164 e. The third-order valence-electron chi connectivity index (χ3n) is 2.37. The molecule has 0 heterocycles. The van der Waals surface area contributed by atoms with Crippen LogP contribution in [0, 0.1) is 0 Å². The minimum Gasteiger partial charge on any atom is -0.166 e. The van der Waals surface area contributed by atoms with E-state index in [0.29, 0.717) is 0 Å². The van der Waals surface area contributed by atoms with E-state index in [9.17, 15) is 0 Å². The van der Waals surface area contributed by atoms with E-state index < -0.39 is 8.11 Å². The molecule has 0 fully saturated rings. The Bertz CT molecular complexity index is 282. The summed E-state index contributed by atoms with van der Waals surface area (Å²) >= 11 is 6.28. The molecule has 0 saturated carbocycles. The van der Waals surface area contributed by atoms with E-state index in [-0.39, 0.29) is 0 Å². The van der Waals surface area contributed by atoms with Gasteiger partial charge in [0, 0.05) is 0 Å². The zero-order chi connectivity index (χ0) is 10.9. The van der Waals surface area contributed by atoms with Crippen LogP contribution in [0.1, 0.15) is 25.3 Å². The fourth-order valence-corrected chi connectivity index (χ4v) is 3.65. The minimum atomic E-state index is -1.07. The van der Waals surface area contributed by atoms with Gasteiger partial charge in [0.15, 0.2) is 8.11 Å². The third-order valence-corrected chi connectivity index (χ3v) is 5.12. The summed E-state index contributed by atoms with van der Waals surface area (Å²) in [4.78, 5) is 0. The molecule has 0 bridgehead atoms. The lowest BCUT2D eigenvalue weighted by molar-refractivity contribution is 0.879. The molecular weight excluding hydrogens is 220 g/mol. The van der Waals surface area contributed by atoms with Gasteiger partial charge in [-0.3, -0.25) is 0 Å². The number of hydrogen-bond donors (Lipinski definition) is 0. The number of benzene rings is 1. The number of hydrogen-bond acceptors (Lipinski definition) is 0. The first kappa shape index (κ1) is 12.5. The predicted molar refractivity (Wildman–Crippen MR) is 72.0 cm³/mol. The van der Waals surface area contributed by atoms with Crippen LogP contribution in [-0.2, 0) is 6.42 Å². The highest BCUT2D eigenvalue weighted by molar-refractivity contribution is 7.09. The first-order valence-corrected chi connectivity index (χ1v) is 8.90. The van der Waals surface area contributed by atoms with Crippen molar-refractivity contribution in [3.63, 3.8) is 0 Å². The zero-order valence-electron chi connectivity index (χ0n) is 9.33. The van der Waals surface area contributed by atoms with E-state index in [0.717, 1.165) is 6.42 Å². The molecule has 1 unspecified atom stereocenters. The normalized spacial score (nSPS) is 13.2. The van der Waals surface area contributed by atoms with Gasteiger partial charge in [-0.25, -0.2) is 0 Å². The van der Waals surface area contributed by atoms with Crippen LogP contribution in [0.2, 0.25) is 6.04 Å². The molecule has 0 aliphatic carbocycles. The van der Waals surface area contributed by atoms with Gasteiger partial charge >= 0.3 is 0 Å². The largest absolute Gasteiger partial charge is 0.166 e. The second-order valence-corrected chi connectivity index (χ2v) is 7.45. The van der Waals surface area contributed by atoms with Crippen LogP contribution in [0.5, 0.6) is 0 Å². The lowest BCUT2D eigenvalue weighted by atomic mass is 10.2. The van der Waals surface area contributed by atoms with Gasteiger partial charge in [0.1, 0.15) is 0 Å². The standard InChI is InChI=1S/C13H19ClSi/c1-2-3-11-15(14)12-7-10-13-8-5-4-6-9-13/h4-9,12,15H,2-3,10-11H2,1H3. The van der Waals surface area contributed by atoms with Crippen LogP contribution in [-0.4, -0.2) is 8.11 Å². The van der Waals surface area contributed by atoms with Crippen molar-refractivity contribution >= 4 is 19.2 Å². The van der Waals surface area contributed by atoms with Crippen molar-refractivity contribution in [2.45, 2.75) is 32.2 Å². The Morgan fingerprint density at radius 1 is 1.27 bits per heavy atom. The maximum Gasteiger partial charge on any atom is 0.164 e. The summed E-state index contributed by atoms with van der Waals surface area (Å²) in [6.07, 6.45) is 5.77. The van der Waals surface area contributed by atoms with Crippen molar-refractivity contribution in [1.29, 1.82) is 0 Å². The van der Waals surface area contributed by atoms with Crippen molar-refractivity contribution in [1.82, 2.24) is 0 Å². The van der Waals surface area contributed by atoms with Gasteiger partial charge in [0.25, 0.3) is 0 Å². The molecule has 0 aromatic heterocycles. The molecule has 1 aromatic carbocycles. The average molecular weight is 239 g/mol. The Kier molecular flexibility index (Phi) is 6.45. The lowest BCUT2D eigenvalue weighted by Crippen LogP contribution is -1.98. The molecule has 0 radical (unpaired) electrons. The summed E-state index contributed by atoms with van der Waals surface area (Å²) in [7, 11) is -1.07. The fourth-order valence-electron chi connectivity index (χ4n) is 1.46. The Labute approximate surface area is 99.3 Å². The molecule has 0 aliphatic heterocycles. The van der Waals surface area contributed by atoms with Crippen LogP contribution in [0.3, 0.4) is 0 Å². The lowest BCUT2D eigenvalue weighted by Gasteiger charge is -1.99. The van der Waals surface area contributed by atoms with Crippen molar-refractivity contribution in [2.75, 3.05) is 0 Å². The van der Waals surface area contributed by atoms with Gasteiger partial charge in [-0.15, -0.1) is 0 Å². The molecule has 0 spiro atoms. The quantitative estimate of drug-likeness (QED) is 0.518. The number of halogens is 1. The number of unbranched alkanes of at least 4 members (excludes halogenated alkanes) is 1. The molecule has 82 valence electrons. The van der Waals surface area contributed by atoms with Crippen LogP contribution >= 0.6 is 11.1 Å². The van der Waals surface area contributed by atoms with Crippen molar-refractivity contribution in [2.24, 2.45) is 0 Å². The molecule has 0 aliphatic rings. The summed E-state index contributed by atoms with van der Waals surface area (Å²) in [5.74, 6) is 0. The third kappa shape index (κ3) is 5.80. The van der Waals surface area contributed by atoms with Gasteiger partial charge in [-0.05, 0) is 18.0 Å². The van der Waals surface area contributed by atoms with Crippen LogP contribution in [0.4, 0.5) is 0 Å². The Balaban J connectivity index is 2.27. The maximum absolute atomic E-state index is 6.28. The van der Waals surface area contributed by atoms with Gasteiger partial charge in [0.05, 0.1) is 0 Å². The summed E-state index contributed by atoms with van der Waals surface area (Å²) in [5, 5.41) is 0. The topological polar surface area (TPSA) is 0 Å². The Morgan fingerprint density at radius 2 is 2.00 bits per heavy atom. The van der Waals surface area contributed by atoms with Crippen molar-refractivity contribution in [3.05, 3.63) is 47.7 Å². The highest BCUT2D eigenvalue weighted by Crippen LogP contribution is 2.07. The minimum absolute atomic E-state index is 1.02. The van der Waals surface area contributed by atoms with E-state index in [1.807, 2.05) is 6.07 Å². The van der Waals surface area contributed by atoms with Gasteiger partial charge in [-0.1, -0.05) is 61.9 Å². The predicted octanol–water partition coefficient (Wildman–Crippen LogP) is 4.09. The molecule has 2 heteroatoms. The second-order valence-electron chi connectivity index (χ2n) is 3.78. The molecule has 0 saturated heterocycles. The van der Waals surface area contributed by atoms with Crippen molar-refractivity contribution < 1.29 is 0 Å². The van der Waals surface area contributed by atoms with E-state index in [1.54, 1.807) is 0 Å². The first-order chi connectivity index (χ1) is 7.33. The van der Waals surface area contributed by atoms with Gasteiger partial charge < -0.3 is 0 Å². The number of rotatable bonds is 6.